The van der Waals surface area contributed by atoms with E-state index in [1.165, 1.54) is 23.0 Å². The number of hydrogen-bond donors (Lipinski definition) is 1. The second-order valence-electron chi connectivity index (χ2n) is 6.94. The molecule has 1 N–H and O–H groups in total. The van der Waals surface area contributed by atoms with E-state index >= 15 is 0 Å². The molecule has 9 nitrogen and oxygen atoms in total. The third-order valence-corrected chi connectivity index (χ3v) is 5.44. The van der Waals surface area contributed by atoms with Gasteiger partial charge in [0.25, 0.3) is 6.43 Å². The molecule has 1 fully saturated rings. The number of alkyl halides is 2. The van der Waals surface area contributed by atoms with Crippen molar-refractivity contribution in [2.45, 2.75) is 12.8 Å². The van der Waals surface area contributed by atoms with Crippen LogP contribution >= 0.6 is 0 Å². The fraction of sp³-hybridized carbons (Fsp3) is 0.412. The van der Waals surface area contributed by atoms with E-state index < -0.39 is 16.4 Å². The van der Waals surface area contributed by atoms with Gasteiger partial charge in [-0.1, -0.05) is 0 Å². The topological polar surface area (TPSA) is 105 Å². The van der Waals surface area contributed by atoms with Gasteiger partial charge in [-0.25, -0.2) is 41.9 Å². The largest absolute Gasteiger partial charge is 0.356 e. The molecule has 3 aromatic rings. The average Bonchev–Trinajstić information content (AvgIpc) is 3.32. The van der Waals surface area contributed by atoms with Crippen molar-refractivity contribution in [3.63, 3.8) is 0 Å². The molecule has 0 radical (unpaired) electrons. The highest BCUT2D eigenvalue weighted by Crippen LogP contribution is 2.25. The zero-order valence-corrected chi connectivity index (χ0v) is 16.4. The Labute approximate surface area is 165 Å². The molecule has 1 unspecified atom stereocenters. The number of hydrogen-bond acceptors (Lipinski definition) is 7. The minimum absolute atomic E-state index is 0.179. The SMILES string of the molecule is CS(=O)(=O)NCC1CCN(c2ccnc(-c3cnc4cnc(C(F)F)cn34)n2)C1. The van der Waals surface area contributed by atoms with Gasteiger partial charge in [0.05, 0.1) is 18.6 Å². The Hall–Kier alpha value is -2.73. The van der Waals surface area contributed by atoms with Gasteiger partial charge in [0.15, 0.2) is 11.5 Å². The predicted octanol–water partition coefficient (Wildman–Crippen LogP) is 1.50. The van der Waals surface area contributed by atoms with Crippen LogP contribution in [-0.4, -0.2) is 58.6 Å². The van der Waals surface area contributed by atoms with Crippen molar-refractivity contribution in [2.24, 2.45) is 5.92 Å². The predicted molar refractivity (Wildman–Crippen MR) is 102 cm³/mol. The first kappa shape index (κ1) is 19.6. The van der Waals surface area contributed by atoms with E-state index in [1.807, 2.05) is 0 Å². The number of anilines is 1. The minimum atomic E-state index is -3.22. The average molecular weight is 423 g/mol. The van der Waals surface area contributed by atoms with E-state index in [4.69, 9.17) is 0 Å². The molecule has 0 spiro atoms. The third kappa shape index (κ3) is 4.32. The highest BCUT2D eigenvalue weighted by atomic mass is 32.2. The highest BCUT2D eigenvalue weighted by molar-refractivity contribution is 7.88. The molecule has 4 rings (SSSR count). The first-order chi connectivity index (χ1) is 13.8. The van der Waals surface area contributed by atoms with Crippen LogP contribution in [-0.2, 0) is 10.0 Å². The number of aromatic nitrogens is 5. The van der Waals surface area contributed by atoms with E-state index in [0.29, 0.717) is 36.1 Å². The number of nitrogens with zero attached hydrogens (tertiary/aromatic N) is 6. The Morgan fingerprint density at radius 1 is 1.28 bits per heavy atom. The maximum absolute atomic E-state index is 13.0. The van der Waals surface area contributed by atoms with Gasteiger partial charge in [-0.05, 0) is 18.4 Å². The molecule has 0 bridgehead atoms. The Kier molecular flexibility index (Phi) is 5.13. The third-order valence-electron chi connectivity index (χ3n) is 4.75. The molecule has 0 aromatic carbocycles. The Bertz CT molecular complexity index is 1140. The fourth-order valence-corrected chi connectivity index (χ4v) is 3.85. The van der Waals surface area contributed by atoms with Gasteiger partial charge < -0.3 is 4.90 Å². The van der Waals surface area contributed by atoms with Crippen LogP contribution in [0.2, 0.25) is 0 Å². The molecule has 1 saturated heterocycles. The fourth-order valence-electron chi connectivity index (χ4n) is 3.31. The first-order valence-electron chi connectivity index (χ1n) is 8.94. The molecule has 4 heterocycles. The van der Waals surface area contributed by atoms with Gasteiger partial charge in [-0.15, -0.1) is 0 Å². The van der Waals surface area contributed by atoms with Crippen LogP contribution in [0.4, 0.5) is 14.6 Å². The number of imidazole rings is 1. The quantitative estimate of drug-likeness (QED) is 0.640. The van der Waals surface area contributed by atoms with Crippen molar-refractivity contribution < 1.29 is 17.2 Å². The molecular weight excluding hydrogens is 404 g/mol. The van der Waals surface area contributed by atoms with E-state index in [0.717, 1.165) is 19.2 Å². The summed E-state index contributed by atoms with van der Waals surface area (Å²) in [5.41, 5.74) is 0.556. The Balaban J connectivity index is 1.57. The van der Waals surface area contributed by atoms with E-state index in [2.05, 4.69) is 29.6 Å². The zero-order chi connectivity index (χ0) is 20.6. The van der Waals surface area contributed by atoms with Gasteiger partial charge in [0, 0.05) is 32.0 Å². The van der Waals surface area contributed by atoms with Gasteiger partial charge >= 0.3 is 0 Å². The van der Waals surface area contributed by atoms with Gasteiger partial charge in [0.1, 0.15) is 17.2 Å². The zero-order valence-electron chi connectivity index (χ0n) is 15.5. The molecule has 1 aliphatic rings. The van der Waals surface area contributed by atoms with E-state index in [-0.39, 0.29) is 11.6 Å². The van der Waals surface area contributed by atoms with Crippen LogP contribution < -0.4 is 9.62 Å². The lowest BCUT2D eigenvalue weighted by Gasteiger charge is -2.18. The van der Waals surface area contributed by atoms with Crippen molar-refractivity contribution in [1.29, 1.82) is 0 Å². The van der Waals surface area contributed by atoms with Gasteiger partial charge in [-0.2, -0.15) is 0 Å². The molecular formula is C17H19F2N7O2S. The summed E-state index contributed by atoms with van der Waals surface area (Å²) in [6.07, 6.45) is 4.93. The molecule has 0 saturated carbocycles. The van der Waals surface area contributed by atoms with Crippen molar-refractivity contribution in [1.82, 2.24) is 29.1 Å². The van der Waals surface area contributed by atoms with E-state index in [9.17, 15) is 17.2 Å². The first-order valence-corrected chi connectivity index (χ1v) is 10.8. The van der Waals surface area contributed by atoms with Crippen LogP contribution in [0.15, 0.2) is 30.9 Å². The number of sulfonamides is 1. The summed E-state index contributed by atoms with van der Waals surface area (Å²) >= 11 is 0. The number of fused-ring (bicyclic) bond motifs is 1. The molecule has 1 atom stereocenters. The maximum Gasteiger partial charge on any atom is 0.281 e. The van der Waals surface area contributed by atoms with Crippen LogP contribution in [0.25, 0.3) is 17.2 Å². The second-order valence-corrected chi connectivity index (χ2v) is 8.78. The summed E-state index contributed by atoms with van der Waals surface area (Å²) in [7, 11) is -3.22. The van der Waals surface area contributed by atoms with Crippen LogP contribution in [0.1, 0.15) is 18.5 Å². The smallest absolute Gasteiger partial charge is 0.281 e. The van der Waals surface area contributed by atoms with Crippen LogP contribution in [0.5, 0.6) is 0 Å². The van der Waals surface area contributed by atoms with Crippen LogP contribution in [0.3, 0.4) is 0 Å². The van der Waals surface area contributed by atoms with Crippen molar-refractivity contribution in [3.8, 4) is 11.5 Å². The lowest BCUT2D eigenvalue weighted by atomic mass is 10.1. The normalized spacial score (nSPS) is 17.5. The summed E-state index contributed by atoms with van der Waals surface area (Å²) < 4.78 is 52.6. The molecule has 3 aromatic heterocycles. The summed E-state index contributed by atoms with van der Waals surface area (Å²) in [5, 5.41) is 0. The second kappa shape index (κ2) is 7.59. The Morgan fingerprint density at radius 3 is 2.86 bits per heavy atom. The summed E-state index contributed by atoms with van der Waals surface area (Å²) in [4.78, 5) is 18.8. The molecule has 0 aliphatic carbocycles. The minimum Gasteiger partial charge on any atom is -0.356 e. The van der Waals surface area contributed by atoms with Gasteiger partial charge in [0.2, 0.25) is 10.0 Å². The monoisotopic (exact) mass is 423 g/mol. The van der Waals surface area contributed by atoms with E-state index in [1.54, 1.807) is 12.3 Å². The molecule has 1 aliphatic heterocycles. The molecule has 0 amide bonds. The highest BCUT2D eigenvalue weighted by Gasteiger charge is 2.25. The van der Waals surface area contributed by atoms with Gasteiger partial charge in [-0.3, -0.25) is 4.40 Å². The van der Waals surface area contributed by atoms with Crippen molar-refractivity contribution in [3.05, 3.63) is 36.5 Å². The maximum atomic E-state index is 13.0. The Morgan fingerprint density at radius 2 is 2.10 bits per heavy atom. The molecule has 12 heteroatoms. The lowest BCUT2D eigenvalue weighted by Crippen LogP contribution is -2.30. The molecule has 154 valence electrons. The number of halogens is 2. The lowest BCUT2D eigenvalue weighted by molar-refractivity contribution is 0.145. The summed E-state index contributed by atoms with van der Waals surface area (Å²) in [5.74, 6) is 1.23. The van der Waals surface area contributed by atoms with Crippen molar-refractivity contribution >= 4 is 21.5 Å². The number of nitrogens with one attached hydrogen (secondary N) is 1. The van der Waals surface area contributed by atoms with Crippen LogP contribution in [0, 0.1) is 5.92 Å². The summed E-state index contributed by atoms with van der Waals surface area (Å²) in [6.45, 7) is 1.77. The van der Waals surface area contributed by atoms with Crippen molar-refractivity contribution in [2.75, 3.05) is 30.8 Å². The molecule has 29 heavy (non-hydrogen) atoms. The summed E-state index contributed by atoms with van der Waals surface area (Å²) in [6, 6.07) is 1.77. The standard InChI is InChI=1S/C17H19F2N7O2S/c1-29(27,28)23-6-11-3-5-25(9-11)14-2-4-20-17(24-14)13-7-22-15-8-21-12(16(18)19)10-26(13)15/h2,4,7-8,10-11,16,23H,3,5-6,9H2,1H3. The number of rotatable bonds is 6.